The molecule has 6 nitrogen and oxygen atoms in total. The third-order valence-electron chi connectivity index (χ3n) is 4.50. The molecule has 2 aromatic rings. The van der Waals surface area contributed by atoms with Crippen LogP contribution in [0.1, 0.15) is 30.7 Å². The van der Waals surface area contributed by atoms with E-state index in [0.29, 0.717) is 29.6 Å². The molecule has 3 rings (SSSR count). The van der Waals surface area contributed by atoms with Crippen LogP contribution in [0.3, 0.4) is 0 Å². The predicted molar refractivity (Wildman–Crippen MR) is 83.6 cm³/mol. The van der Waals surface area contributed by atoms with Gasteiger partial charge in [0.1, 0.15) is 5.76 Å². The lowest BCUT2D eigenvalue weighted by Crippen LogP contribution is -2.35. The number of aromatic nitrogens is 1. The van der Waals surface area contributed by atoms with Gasteiger partial charge in [-0.05, 0) is 31.9 Å². The second kappa shape index (κ2) is 6.58. The van der Waals surface area contributed by atoms with Crippen LogP contribution >= 0.6 is 0 Å². The summed E-state index contributed by atoms with van der Waals surface area (Å²) in [5, 5.41) is 9.89. The van der Waals surface area contributed by atoms with Crippen molar-refractivity contribution in [3.05, 3.63) is 29.9 Å². The summed E-state index contributed by atoms with van der Waals surface area (Å²) in [4.78, 5) is 18.4. The molecule has 1 N–H and O–H groups in total. The van der Waals surface area contributed by atoms with Crippen LogP contribution in [-0.4, -0.2) is 40.6 Å². The lowest BCUT2D eigenvalue weighted by Gasteiger charge is -2.23. The number of carbonyl (C=O) groups excluding carboxylic acids is 1. The molecule has 1 fully saturated rings. The Kier molecular flexibility index (Phi) is 4.52. The largest absolute Gasteiger partial charge is 0.459 e. The molecule has 1 aliphatic rings. The van der Waals surface area contributed by atoms with Gasteiger partial charge in [-0.25, -0.2) is 4.98 Å². The second-order valence-electron chi connectivity index (χ2n) is 6.21. The maximum Gasteiger partial charge on any atom is 0.263 e. The monoisotopic (exact) mass is 318 g/mol. The van der Waals surface area contributed by atoms with Crippen LogP contribution in [0.4, 0.5) is 0 Å². The molecule has 2 unspecified atom stereocenters. The highest BCUT2D eigenvalue weighted by molar-refractivity contribution is 5.78. The van der Waals surface area contributed by atoms with Gasteiger partial charge in [-0.2, -0.15) is 0 Å². The van der Waals surface area contributed by atoms with Gasteiger partial charge in [0.25, 0.3) is 5.89 Å². The minimum Gasteiger partial charge on any atom is -0.459 e. The summed E-state index contributed by atoms with van der Waals surface area (Å²) in [5.41, 5.74) is 0.625. The minimum atomic E-state index is -0.287. The van der Waals surface area contributed by atoms with E-state index >= 15 is 0 Å². The van der Waals surface area contributed by atoms with E-state index in [1.54, 1.807) is 37.3 Å². The fraction of sp³-hybridized carbons (Fsp3) is 0.529. The smallest absolute Gasteiger partial charge is 0.263 e. The Morgan fingerprint density at radius 2 is 2.30 bits per heavy atom. The summed E-state index contributed by atoms with van der Waals surface area (Å²) >= 11 is 0. The first-order valence-electron chi connectivity index (χ1n) is 7.97. The Morgan fingerprint density at radius 3 is 2.96 bits per heavy atom. The van der Waals surface area contributed by atoms with Crippen molar-refractivity contribution in [1.82, 2.24) is 9.88 Å². The van der Waals surface area contributed by atoms with Crippen molar-refractivity contribution < 1.29 is 18.7 Å². The molecule has 124 valence electrons. The number of aliphatic hydroxyl groups is 1. The molecule has 1 amide bonds. The minimum absolute atomic E-state index is 0.0218. The van der Waals surface area contributed by atoms with E-state index in [1.165, 1.54) is 0 Å². The number of hydrogen-bond acceptors (Lipinski definition) is 5. The van der Waals surface area contributed by atoms with Gasteiger partial charge in [0, 0.05) is 19.5 Å². The third-order valence-corrected chi connectivity index (χ3v) is 4.50. The second-order valence-corrected chi connectivity index (χ2v) is 6.21. The first-order chi connectivity index (χ1) is 11.0. The normalized spacial score (nSPS) is 20.8. The Morgan fingerprint density at radius 1 is 1.48 bits per heavy atom. The van der Waals surface area contributed by atoms with Gasteiger partial charge in [-0.1, -0.05) is 6.42 Å². The van der Waals surface area contributed by atoms with Crippen molar-refractivity contribution in [1.29, 1.82) is 0 Å². The molecule has 0 aromatic carbocycles. The average Bonchev–Trinajstić information content (AvgIpc) is 3.23. The standard InChI is InChI=1S/C17H22N2O4/c1-11-13(18-17(23-11)15-7-4-8-22-15)9-16(21)19(2)10-12-5-3-6-14(12)20/h4,7-8,12,14,20H,3,5-6,9-10H2,1-2H3. The van der Waals surface area contributed by atoms with Crippen LogP contribution in [0, 0.1) is 12.8 Å². The Hall–Kier alpha value is -2.08. The van der Waals surface area contributed by atoms with E-state index in [0.717, 1.165) is 19.3 Å². The summed E-state index contributed by atoms with van der Waals surface area (Å²) in [6.07, 6.45) is 4.30. The van der Waals surface area contributed by atoms with Crippen LogP contribution < -0.4 is 0 Å². The first kappa shape index (κ1) is 15.8. The van der Waals surface area contributed by atoms with E-state index in [4.69, 9.17) is 8.83 Å². The average molecular weight is 318 g/mol. The zero-order valence-corrected chi connectivity index (χ0v) is 13.5. The molecule has 0 spiro atoms. The summed E-state index contributed by atoms with van der Waals surface area (Å²) in [6, 6.07) is 3.53. The zero-order valence-electron chi connectivity index (χ0n) is 13.5. The van der Waals surface area contributed by atoms with Crippen molar-refractivity contribution >= 4 is 5.91 Å². The van der Waals surface area contributed by atoms with Crippen LogP contribution in [0.25, 0.3) is 11.7 Å². The number of rotatable bonds is 5. The number of aryl methyl sites for hydroxylation is 1. The van der Waals surface area contributed by atoms with Gasteiger partial charge in [0.15, 0.2) is 5.76 Å². The molecule has 0 saturated heterocycles. The molecule has 1 aliphatic carbocycles. The maximum atomic E-state index is 12.4. The topological polar surface area (TPSA) is 79.7 Å². The summed E-state index contributed by atoms with van der Waals surface area (Å²) < 4.78 is 10.8. The third kappa shape index (κ3) is 3.47. The Balaban J connectivity index is 1.63. The fourth-order valence-corrected chi connectivity index (χ4v) is 3.06. The van der Waals surface area contributed by atoms with Crippen molar-refractivity contribution in [2.75, 3.05) is 13.6 Å². The van der Waals surface area contributed by atoms with Gasteiger partial charge in [0.05, 0.1) is 24.5 Å². The van der Waals surface area contributed by atoms with Gasteiger partial charge in [-0.3, -0.25) is 4.79 Å². The summed E-state index contributed by atoms with van der Waals surface area (Å²) in [7, 11) is 1.77. The van der Waals surface area contributed by atoms with Crippen LogP contribution in [0.2, 0.25) is 0 Å². The molecule has 2 heterocycles. The number of oxazole rings is 1. The number of furan rings is 1. The molecule has 0 radical (unpaired) electrons. The van der Waals surface area contributed by atoms with Crippen molar-refractivity contribution in [3.8, 4) is 11.7 Å². The van der Waals surface area contributed by atoms with Crippen LogP contribution in [0.5, 0.6) is 0 Å². The van der Waals surface area contributed by atoms with Crippen molar-refractivity contribution in [2.24, 2.45) is 5.92 Å². The highest BCUT2D eigenvalue weighted by Gasteiger charge is 2.28. The molecule has 6 heteroatoms. The first-order valence-corrected chi connectivity index (χ1v) is 7.97. The van der Waals surface area contributed by atoms with E-state index < -0.39 is 0 Å². The Bertz CT molecular complexity index is 662. The molecular formula is C17H22N2O4. The molecule has 1 saturated carbocycles. The Labute approximate surface area is 135 Å². The molecular weight excluding hydrogens is 296 g/mol. The predicted octanol–water partition coefficient (Wildman–Crippen LogP) is 2.40. The summed E-state index contributed by atoms with van der Waals surface area (Å²) in [6.45, 7) is 2.38. The molecule has 0 aliphatic heterocycles. The van der Waals surface area contributed by atoms with Crippen LogP contribution in [0.15, 0.2) is 27.2 Å². The van der Waals surface area contributed by atoms with Gasteiger partial charge >= 0.3 is 0 Å². The number of carbonyl (C=O) groups is 1. The van der Waals surface area contributed by atoms with E-state index in [9.17, 15) is 9.90 Å². The van der Waals surface area contributed by atoms with Gasteiger partial charge in [-0.15, -0.1) is 0 Å². The van der Waals surface area contributed by atoms with Gasteiger partial charge in [0.2, 0.25) is 5.91 Å². The maximum absolute atomic E-state index is 12.4. The number of likely N-dealkylation sites (N-methyl/N-ethyl adjacent to an activating group) is 1. The summed E-state index contributed by atoms with van der Waals surface area (Å²) in [5.74, 6) is 1.73. The van der Waals surface area contributed by atoms with Crippen molar-refractivity contribution in [2.45, 2.75) is 38.7 Å². The highest BCUT2D eigenvalue weighted by Crippen LogP contribution is 2.26. The lowest BCUT2D eigenvalue weighted by atomic mass is 10.1. The van der Waals surface area contributed by atoms with Crippen molar-refractivity contribution in [3.63, 3.8) is 0 Å². The van der Waals surface area contributed by atoms with E-state index in [-0.39, 0.29) is 24.3 Å². The molecule has 0 bridgehead atoms. The molecule has 2 atom stereocenters. The van der Waals surface area contributed by atoms with Gasteiger partial charge < -0.3 is 18.8 Å². The highest BCUT2D eigenvalue weighted by atomic mass is 16.4. The molecule has 23 heavy (non-hydrogen) atoms. The number of aliphatic hydroxyl groups excluding tert-OH is 1. The number of nitrogens with zero attached hydrogens (tertiary/aromatic N) is 2. The number of amides is 1. The zero-order chi connectivity index (χ0) is 16.4. The SMILES string of the molecule is Cc1oc(-c2ccco2)nc1CC(=O)N(C)CC1CCCC1O. The lowest BCUT2D eigenvalue weighted by molar-refractivity contribution is -0.130. The quantitative estimate of drug-likeness (QED) is 0.915. The van der Waals surface area contributed by atoms with Crippen LogP contribution in [-0.2, 0) is 11.2 Å². The fourth-order valence-electron chi connectivity index (χ4n) is 3.06. The van der Waals surface area contributed by atoms with E-state index in [2.05, 4.69) is 4.98 Å². The van der Waals surface area contributed by atoms with E-state index in [1.807, 2.05) is 0 Å². The number of hydrogen-bond donors (Lipinski definition) is 1. The molecule has 2 aromatic heterocycles.